The molecule has 0 aliphatic carbocycles. The molecule has 3 rings (SSSR count). The van der Waals surface area contributed by atoms with Gasteiger partial charge in [0, 0.05) is 25.0 Å². The normalized spacial score (nSPS) is 25.9. The predicted molar refractivity (Wildman–Crippen MR) is 83.4 cm³/mol. The minimum Gasteiger partial charge on any atom is -0.375 e. The van der Waals surface area contributed by atoms with Gasteiger partial charge in [-0.2, -0.15) is 5.10 Å². The first-order valence-corrected chi connectivity index (χ1v) is 7.69. The molecule has 1 aromatic carbocycles. The highest BCUT2D eigenvalue weighted by Gasteiger charge is 2.24. The van der Waals surface area contributed by atoms with Crippen molar-refractivity contribution in [1.29, 1.82) is 0 Å². The molecular weight excluding hydrogens is 262 g/mol. The third kappa shape index (κ3) is 3.52. The van der Waals surface area contributed by atoms with Crippen LogP contribution in [0, 0.1) is 0 Å². The Kier molecular flexibility index (Phi) is 4.36. The molecule has 1 aliphatic heterocycles. The molecule has 0 bridgehead atoms. The van der Waals surface area contributed by atoms with Crippen LogP contribution < -0.4 is 5.32 Å². The van der Waals surface area contributed by atoms with Crippen molar-refractivity contribution in [2.75, 3.05) is 0 Å². The second-order valence-corrected chi connectivity index (χ2v) is 5.89. The fourth-order valence-electron chi connectivity index (χ4n) is 3.12. The van der Waals surface area contributed by atoms with Gasteiger partial charge in [0.05, 0.1) is 17.9 Å². The van der Waals surface area contributed by atoms with Crippen LogP contribution >= 0.6 is 0 Å². The van der Waals surface area contributed by atoms with Gasteiger partial charge in [-0.25, -0.2) is 4.68 Å². The van der Waals surface area contributed by atoms with Crippen LogP contribution in [-0.4, -0.2) is 28.0 Å². The summed E-state index contributed by atoms with van der Waals surface area (Å²) in [6.07, 6.45) is 6.63. The van der Waals surface area contributed by atoms with Crippen LogP contribution in [0.4, 0.5) is 0 Å². The van der Waals surface area contributed by atoms with E-state index in [0.29, 0.717) is 18.2 Å². The van der Waals surface area contributed by atoms with Crippen LogP contribution in [0.1, 0.15) is 32.3 Å². The van der Waals surface area contributed by atoms with E-state index < -0.39 is 0 Å². The first-order chi connectivity index (χ1) is 10.2. The van der Waals surface area contributed by atoms with E-state index in [2.05, 4.69) is 48.5 Å². The summed E-state index contributed by atoms with van der Waals surface area (Å²) in [6, 6.07) is 10.9. The van der Waals surface area contributed by atoms with Gasteiger partial charge in [-0.1, -0.05) is 18.2 Å². The minimum atomic E-state index is 0.340. The van der Waals surface area contributed by atoms with Crippen LogP contribution in [-0.2, 0) is 11.3 Å². The Morgan fingerprint density at radius 3 is 2.67 bits per heavy atom. The van der Waals surface area contributed by atoms with E-state index in [4.69, 9.17) is 4.74 Å². The van der Waals surface area contributed by atoms with E-state index in [1.807, 2.05) is 23.1 Å². The van der Waals surface area contributed by atoms with Gasteiger partial charge in [0.15, 0.2) is 0 Å². The molecule has 1 saturated heterocycles. The van der Waals surface area contributed by atoms with E-state index in [0.717, 1.165) is 25.1 Å². The first kappa shape index (κ1) is 14.3. The molecule has 2 atom stereocenters. The maximum absolute atomic E-state index is 5.80. The van der Waals surface area contributed by atoms with E-state index in [1.54, 1.807) is 0 Å². The molecule has 2 heterocycles. The second-order valence-electron chi connectivity index (χ2n) is 5.89. The van der Waals surface area contributed by atoms with Crippen LogP contribution in [0.25, 0.3) is 5.69 Å². The lowest BCUT2D eigenvalue weighted by atomic mass is 9.99. The Bertz CT molecular complexity index is 557. The maximum Gasteiger partial charge on any atom is 0.0690 e. The van der Waals surface area contributed by atoms with Crippen molar-refractivity contribution >= 4 is 0 Å². The zero-order chi connectivity index (χ0) is 14.7. The quantitative estimate of drug-likeness (QED) is 0.939. The predicted octanol–water partition coefficient (Wildman–Crippen LogP) is 2.92. The summed E-state index contributed by atoms with van der Waals surface area (Å²) >= 11 is 0. The van der Waals surface area contributed by atoms with Crippen LogP contribution in [0.15, 0.2) is 42.7 Å². The van der Waals surface area contributed by atoms with Crippen molar-refractivity contribution in [3.63, 3.8) is 0 Å². The highest BCUT2D eigenvalue weighted by Crippen LogP contribution is 2.20. The number of rotatable bonds is 4. The van der Waals surface area contributed by atoms with Crippen molar-refractivity contribution < 1.29 is 4.74 Å². The molecule has 21 heavy (non-hydrogen) atoms. The second kappa shape index (κ2) is 6.41. The van der Waals surface area contributed by atoms with Crippen LogP contribution in [0.3, 0.4) is 0 Å². The van der Waals surface area contributed by atoms with E-state index >= 15 is 0 Å². The summed E-state index contributed by atoms with van der Waals surface area (Å²) in [5, 5.41) is 8.01. The molecule has 2 unspecified atom stereocenters. The fraction of sp³-hybridized carbons (Fsp3) is 0.471. The van der Waals surface area contributed by atoms with E-state index in [9.17, 15) is 0 Å². The Morgan fingerprint density at radius 1 is 1.19 bits per heavy atom. The van der Waals surface area contributed by atoms with Crippen molar-refractivity contribution in [3.05, 3.63) is 48.3 Å². The number of para-hydroxylation sites is 1. The van der Waals surface area contributed by atoms with Gasteiger partial charge in [0.1, 0.15) is 0 Å². The van der Waals surface area contributed by atoms with Gasteiger partial charge in [0.25, 0.3) is 0 Å². The number of nitrogens with zero attached hydrogens (tertiary/aromatic N) is 2. The Labute approximate surface area is 126 Å². The number of ether oxygens (including phenoxy) is 1. The molecule has 1 N–H and O–H groups in total. The van der Waals surface area contributed by atoms with Gasteiger partial charge >= 0.3 is 0 Å². The highest BCUT2D eigenvalue weighted by molar-refractivity contribution is 5.40. The van der Waals surface area contributed by atoms with Crippen molar-refractivity contribution in [2.24, 2.45) is 0 Å². The molecule has 1 aliphatic rings. The van der Waals surface area contributed by atoms with Crippen LogP contribution in [0.2, 0.25) is 0 Å². The maximum atomic E-state index is 5.80. The molecule has 0 amide bonds. The lowest BCUT2D eigenvalue weighted by molar-refractivity contribution is -0.0422. The van der Waals surface area contributed by atoms with Gasteiger partial charge in [-0.3, -0.25) is 0 Å². The zero-order valence-corrected chi connectivity index (χ0v) is 12.7. The summed E-state index contributed by atoms with van der Waals surface area (Å²) < 4.78 is 7.72. The van der Waals surface area contributed by atoms with E-state index in [-0.39, 0.29) is 0 Å². The Balaban J connectivity index is 1.68. The molecule has 2 aromatic rings. The summed E-state index contributed by atoms with van der Waals surface area (Å²) in [5.41, 5.74) is 2.41. The number of benzene rings is 1. The summed E-state index contributed by atoms with van der Waals surface area (Å²) in [5.74, 6) is 0. The molecule has 0 radical (unpaired) electrons. The largest absolute Gasteiger partial charge is 0.375 e. The van der Waals surface area contributed by atoms with Crippen molar-refractivity contribution in [2.45, 2.75) is 51.5 Å². The third-order valence-electron chi connectivity index (χ3n) is 4.02. The molecule has 4 heteroatoms. The minimum absolute atomic E-state index is 0.340. The van der Waals surface area contributed by atoms with Gasteiger partial charge in [-0.15, -0.1) is 0 Å². The first-order valence-electron chi connectivity index (χ1n) is 7.69. The van der Waals surface area contributed by atoms with Crippen molar-refractivity contribution in [1.82, 2.24) is 15.1 Å². The number of hydrogen-bond acceptors (Lipinski definition) is 3. The Morgan fingerprint density at radius 2 is 1.95 bits per heavy atom. The summed E-state index contributed by atoms with van der Waals surface area (Å²) in [6.45, 7) is 5.17. The molecular formula is C17H23N3O. The SMILES string of the molecule is CC1CC(NCc2ccccc2-n2cccn2)CC(C)O1. The highest BCUT2D eigenvalue weighted by atomic mass is 16.5. The van der Waals surface area contributed by atoms with Gasteiger partial charge < -0.3 is 10.1 Å². The summed E-state index contributed by atoms with van der Waals surface area (Å²) in [4.78, 5) is 0. The average Bonchev–Trinajstić information content (AvgIpc) is 2.98. The zero-order valence-electron chi connectivity index (χ0n) is 12.7. The van der Waals surface area contributed by atoms with Crippen LogP contribution in [0.5, 0.6) is 0 Å². The van der Waals surface area contributed by atoms with E-state index in [1.165, 1.54) is 5.56 Å². The topological polar surface area (TPSA) is 39.1 Å². The fourth-order valence-corrected chi connectivity index (χ4v) is 3.12. The number of aromatic nitrogens is 2. The van der Waals surface area contributed by atoms with Gasteiger partial charge in [-0.05, 0) is 44.4 Å². The number of hydrogen-bond donors (Lipinski definition) is 1. The molecule has 1 aromatic heterocycles. The monoisotopic (exact) mass is 285 g/mol. The lowest BCUT2D eigenvalue weighted by Crippen LogP contribution is -2.41. The molecule has 112 valence electrons. The average molecular weight is 285 g/mol. The lowest BCUT2D eigenvalue weighted by Gasteiger charge is -2.32. The standard InChI is InChI=1S/C17H23N3O/c1-13-10-16(11-14(2)21-13)18-12-15-6-3-4-7-17(15)20-9-5-8-19-20/h3-9,13-14,16,18H,10-12H2,1-2H3. The third-order valence-corrected chi connectivity index (χ3v) is 4.02. The van der Waals surface area contributed by atoms with Crippen molar-refractivity contribution in [3.8, 4) is 5.69 Å². The molecule has 4 nitrogen and oxygen atoms in total. The Hall–Kier alpha value is -1.65. The van der Waals surface area contributed by atoms with Gasteiger partial charge in [0.2, 0.25) is 0 Å². The molecule has 0 saturated carbocycles. The molecule has 1 fully saturated rings. The number of nitrogens with one attached hydrogen (secondary N) is 1. The molecule has 0 spiro atoms. The smallest absolute Gasteiger partial charge is 0.0690 e. The summed E-state index contributed by atoms with van der Waals surface area (Å²) in [7, 11) is 0.